The Morgan fingerprint density at radius 1 is 1.28 bits per heavy atom. The molecule has 2 bridgehead atoms. The maximum atomic E-state index is 13.2. The molecule has 2 aliphatic rings. The number of amides is 1. The number of fused-ring (bicyclic) bond motifs is 2. The van der Waals surface area contributed by atoms with Gasteiger partial charge in [-0.3, -0.25) is 9.78 Å². The van der Waals surface area contributed by atoms with E-state index in [0.717, 1.165) is 32.5 Å². The van der Waals surface area contributed by atoms with E-state index in [1.165, 1.54) is 18.9 Å². The van der Waals surface area contributed by atoms with Crippen molar-refractivity contribution in [1.29, 1.82) is 0 Å². The predicted molar refractivity (Wildman–Crippen MR) is 125 cm³/mol. The Morgan fingerprint density at radius 2 is 2.09 bits per heavy atom. The zero-order valence-electron chi connectivity index (χ0n) is 18.9. The van der Waals surface area contributed by atoms with Crippen molar-refractivity contribution in [2.45, 2.75) is 33.1 Å². The van der Waals surface area contributed by atoms with Crippen LogP contribution in [0.1, 0.15) is 43.5 Å². The molecule has 168 valence electrons. The fourth-order valence-corrected chi connectivity index (χ4v) is 5.09. The summed E-state index contributed by atoms with van der Waals surface area (Å²) in [5.41, 5.74) is 3.57. The summed E-state index contributed by atoms with van der Waals surface area (Å²) < 4.78 is 5.93. The molecule has 2 aromatic rings. The van der Waals surface area contributed by atoms with Crippen molar-refractivity contribution in [3.8, 4) is 11.3 Å². The average molecular weight is 434 g/mol. The van der Waals surface area contributed by atoms with Crippen molar-refractivity contribution in [3.63, 3.8) is 0 Å². The third-order valence-corrected chi connectivity index (χ3v) is 6.82. The van der Waals surface area contributed by atoms with E-state index in [9.17, 15) is 9.59 Å². The van der Waals surface area contributed by atoms with Crippen LogP contribution in [-0.2, 0) is 9.53 Å². The van der Waals surface area contributed by atoms with Crippen LogP contribution in [0.15, 0.2) is 54.7 Å². The largest absolute Gasteiger partial charge is 0.461 e. The number of hydrogen-bond donors (Lipinski definition) is 1. The van der Waals surface area contributed by atoms with Crippen LogP contribution < -0.4 is 5.32 Å². The second-order valence-electron chi connectivity index (χ2n) is 8.96. The molecule has 6 nitrogen and oxygen atoms in total. The molecule has 2 heterocycles. The summed E-state index contributed by atoms with van der Waals surface area (Å²) in [5.74, 6) is -0.000170. The van der Waals surface area contributed by atoms with Gasteiger partial charge in [0.15, 0.2) is 0 Å². The van der Waals surface area contributed by atoms with E-state index < -0.39 is 0 Å². The van der Waals surface area contributed by atoms with Gasteiger partial charge in [-0.25, -0.2) is 4.79 Å². The first kappa shape index (κ1) is 22.2. The van der Waals surface area contributed by atoms with Crippen molar-refractivity contribution in [2.24, 2.45) is 11.3 Å². The molecule has 1 saturated heterocycles. The number of esters is 1. The van der Waals surface area contributed by atoms with E-state index in [4.69, 9.17) is 4.74 Å². The lowest BCUT2D eigenvalue weighted by Crippen LogP contribution is -2.53. The van der Waals surface area contributed by atoms with Gasteiger partial charge in [0.25, 0.3) is 0 Å². The maximum absolute atomic E-state index is 13.2. The van der Waals surface area contributed by atoms with Crippen LogP contribution in [0.4, 0.5) is 5.69 Å². The van der Waals surface area contributed by atoms with E-state index in [1.54, 1.807) is 24.4 Å². The second kappa shape index (κ2) is 9.25. The van der Waals surface area contributed by atoms with Crippen LogP contribution in [0.2, 0.25) is 0 Å². The first-order valence-electron chi connectivity index (χ1n) is 11.3. The first-order valence-corrected chi connectivity index (χ1v) is 11.3. The number of carbonyl (C=O) groups is 2. The highest BCUT2D eigenvalue weighted by atomic mass is 16.5. The Balaban J connectivity index is 1.52. The molecule has 1 aliphatic carbocycles. The molecule has 6 heteroatoms. The molecular formula is C26H31N3O3. The molecule has 1 N–H and O–H groups in total. The Bertz CT molecular complexity index is 1020. The van der Waals surface area contributed by atoms with E-state index in [0.29, 0.717) is 35.0 Å². The monoisotopic (exact) mass is 433 g/mol. The van der Waals surface area contributed by atoms with Crippen molar-refractivity contribution in [3.05, 3.63) is 60.3 Å². The van der Waals surface area contributed by atoms with Crippen molar-refractivity contribution in [2.75, 3.05) is 31.6 Å². The lowest BCUT2D eigenvalue weighted by atomic mass is 9.63. The highest BCUT2D eigenvalue weighted by Crippen LogP contribution is 2.47. The van der Waals surface area contributed by atoms with Crippen LogP contribution >= 0.6 is 0 Å². The van der Waals surface area contributed by atoms with E-state index in [-0.39, 0.29) is 17.3 Å². The van der Waals surface area contributed by atoms with Gasteiger partial charge in [0.05, 0.1) is 23.1 Å². The number of nitrogens with one attached hydrogen (secondary N) is 1. The smallest absolute Gasteiger partial charge is 0.338 e. The maximum Gasteiger partial charge on any atom is 0.338 e. The Labute approximate surface area is 189 Å². The molecule has 1 saturated carbocycles. The second-order valence-corrected chi connectivity index (χ2v) is 8.96. The summed E-state index contributed by atoms with van der Waals surface area (Å²) in [6.07, 6.45) is 4.93. The van der Waals surface area contributed by atoms with Crippen LogP contribution in [0.25, 0.3) is 11.3 Å². The quantitative estimate of drug-likeness (QED) is 0.535. The zero-order chi connectivity index (χ0) is 22.7. The Hall–Kier alpha value is -2.99. The number of ether oxygens (including phenoxy) is 1. The number of likely N-dealkylation sites (tertiary alicyclic amines) is 1. The number of carbonyl (C=O) groups excluding carboxylic acids is 2. The van der Waals surface area contributed by atoms with Gasteiger partial charge in [-0.1, -0.05) is 43.7 Å². The number of rotatable bonds is 6. The summed E-state index contributed by atoms with van der Waals surface area (Å²) >= 11 is 0. The number of nitrogens with zero attached hydrogens (tertiary/aromatic N) is 2. The molecule has 0 unspecified atom stereocenters. The number of benzene rings is 1. The highest BCUT2D eigenvalue weighted by Gasteiger charge is 2.46. The summed E-state index contributed by atoms with van der Waals surface area (Å²) in [6, 6.07) is 10.9. The summed E-state index contributed by atoms with van der Waals surface area (Å²) in [4.78, 5) is 31.3. The molecule has 0 spiro atoms. The van der Waals surface area contributed by atoms with Gasteiger partial charge < -0.3 is 15.0 Å². The summed E-state index contributed by atoms with van der Waals surface area (Å²) in [6.45, 7) is 11.4. The summed E-state index contributed by atoms with van der Waals surface area (Å²) in [7, 11) is 0. The van der Waals surface area contributed by atoms with Crippen molar-refractivity contribution < 1.29 is 14.3 Å². The third-order valence-electron chi connectivity index (χ3n) is 6.82. The number of pyridine rings is 1. The topological polar surface area (TPSA) is 71.5 Å². The van der Waals surface area contributed by atoms with Crippen molar-refractivity contribution >= 4 is 17.6 Å². The molecule has 0 radical (unpaired) electrons. The third kappa shape index (κ3) is 4.46. The van der Waals surface area contributed by atoms with Gasteiger partial charge in [-0.05, 0) is 43.5 Å². The van der Waals surface area contributed by atoms with E-state index in [2.05, 4.69) is 28.7 Å². The normalized spacial score (nSPS) is 22.9. The van der Waals surface area contributed by atoms with Gasteiger partial charge in [0.1, 0.15) is 6.61 Å². The lowest BCUT2D eigenvalue weighted by Gasteiger charge is -2.51. The fraction of sp³-hybridized carbons (Fsp3) is 0.423. The Kier molecular flexibility index (Phi) is 6.42. The average Bonchev–Trinajstić information content (AvgIpc) is 2.78. The SMILES string of the molecule is C=C1[C@@H]2CCC[C@@]1(COC(=O)c1ccccc1-c1ccc(NC(C)=O)cn1)CN(CC)C2. The van der Waals surface area contributed by atoms with Gasteiger partial charge in [0, 0.05) is 31.0 Å². The molecular weight excluding hydrogens is 402 g/mol. The zero-order valence-corrected chi connectivity index (χ0v) is 18.9. The fourth-order valence-electron chi connectivity index (χ4n) is 5.09. The van der Waals surface area contributed by atoms with E-state index in [1.807, 2.05) is 18.2 Å². The lowest BCUT2D eigenvalue weighted by molar-refractivity contribution is -0.114. The first-order chi connectivity index (χ1) is 15.4. The predicted octanol–water partition coefficient (Wildman–Crippen LogP) is 4.54. The molecule has 1 aromatic heterocycles. The van der Waals surface area contributed by atoms with Crippen molar-refractivity contribution in [1.82, 2.24) is 9.88 Å². The van der Waals surface area contributed by atoms with Crippen LogP contribution in [-0.4, -0.2) is 48.0 Å². The molecule has 4 rings (SSSR count). The molecule has 1 aromatic carbocycles. The van der Waals surface area contributed by atoms with Gasteiger partial charge in [0.2, 0.25) is 5.91 Å². The Morgan fingerprint density at radius 3 is 2.81 bits per heavy atom. The molecule has 1 aliphatic heterocycles. The standard InChI is InChI=1S/C26H31N3O3/c1-4-29-15-20-8-7-13-26(16-29,18(20)2)17-32-25(31)23-10-6-5-9-22(23)24-12-11-21(14-27-24)28-19(3)30/h5-6,9-12,14,20H,2,4,7-8,13,15-17H2,1,3H3,(H,28,30)/t20-,26+/m1/s1. The molecule has 32 heavy (non-hydrogen) atoms. The van der Waals surface area contributed by atoms with E-state index >= 15 is 0 Å². The summed E-state index contributed by atoms with van der Waals surface area (Å²) in [5, 5.41) is 2.70. The number of aromatic nitrogens is 1. The minimum Gasteiger partial charge on any atom is -0.461 e. The van der Waals surface area contributed by atoms with Crippen LogP contribution in [0.5, 0.6) is 0 Å². The van der Waals surface area contributed by atoms with Crippen LogP contribution in [0, 0.1) is 11.3 Å². The number of anilines is 1. The molecule has 1 amide bonds. The minimum atomic E-state index is -0.341. The number of piperidine rings is 1. The van der Waals surface area contributed by atoms with Gasteiger partial charge >= 0.3 is 5.97 Å². The number of hydrogen-bond acceptors (Lipinski definition) is 5. The minimum absolute atomic E-state index is 0.153. The van der Waals surface area contributed by atoms with Gasteiger partial charge in [-0.15, -0.1) is 0 Å². The highest BCUT2D eigenvalue weighted by molar-refractivity contribution is 5.97. The van der Waals surface area contributed by atoms with Gasteiger partial charge in [-0.2, -0.15) is 0 Å². The molecule has 2 atom stereocenters. The van der Waals surface area contributed by atoms with Crippen LogP contribution in [0.3, 0.4) is 0 Å². The molecule has 2 fully saturated rings.